The molecule has 0 aliphatic heterocycles. The summed E-state index contributed by atoms with van der Waals surface area (Å²) in [5.41, 5.74) is 0.830. The van der Waals surface area contributed by atoms with Crippen molar-refractivity contribution in [2.24, 2.45) is 0 Å². The average molecular weight is 217 g/mol. The Bertz CT molecular complexity index is 522. The molecule has 3 heteroatoms. The summed E-state index contributed by atoms with van der Waals surface area (Å²) in [4.78, 5) is 11.9. The SMILES string of the molecule is CC(=O)Nc1cccc2ccc(S)cc12. The number of rotatable bonds is 1. The standard InChI is InChI=1S/C12H11NOS/c1-8(14)13-12-4-2-3-9-5-6-10(15)7-11(9)12/h2-7,15H,1H3,(H,13,14). The maximum absolute atomic E-state index is 11.0. The number of amides is 1. The zero-order chi connectivity index (χ0) is 10.8. The zero-order valence-electron chi connectivity index (χ0n) is 8.32. The van der Waals surface area contributed by atoms with Crippen LogP contribution in [0.1, 0.15) is 6.92 Å². The lowest BCUT2D eigenvalue weighted by Gasteiger charge is -2.07. The normalized spacial score (nSPS) is 10.3. The molecule has 0 aliphatic carbocycles. The largest absolute Gasteiger partial charge is 0.326 e. The quantitative estimate of drug-likeness (QED) is 0.706. The van der Waals surface area contributed by atoms with E-state index < -0.39 is 0 Å². The third-order valence-corrected chi connectivity index (χ3v) is 2.45. The van der Waals surface area contributed by atoms with Gasteiger partial charge in [0.25, 0.3) is 0 Å². The Hall–Kier alpha value is -1.48. The van der Waals surface area contributed by atoms with Crippen LogP contribution in [-0.2, 0) is 4.79 Å². The van der Waals surface area contributed by atoms with Gasteiger partial charge in [-0.3, -0.25) is 4.79 Å². The van der Waals surface area contributed by atoms with Gasteiger partial charge < -0.3 is 5.32 Å². The highest BCUT2D eigenvalue weighted by Gasteiger charge is 2.02. The Kier molecular flexibility index (Phi) is 2.64. The van der Waals surface area contributed by atoms with Crippen LogP contribution in [0.25, 0.3) is 10.8 Å². The summed E-state index contributed by atoms with van der Waals surface area (Å²) in [5, 5.41) is 4.91. The number of anilines is 1. The Morgan fingerprint density at radius 1 is 1.27 bits per heavy atom. The van der Waals surface area contributed by atoms with Crippen LogP contribution in [0.4, 0.5) is 5.69 Å². The number of hydrogen-bond acceptors (Lipinski definition) is 2. The van der Waals surface area contributed by atoms with Gasteiger partial charge in [-0.2, -0.15) is 0 Å². The van der Waals surface area contributed by atoms with Crippen molar-refractivity contribution < 1.29 is 4.79 Å². The molecule has 2 aromatic carbocycles. The van der Waals surface area contributed by atoms with Crippen LogP contribution in [0.3, 0.4) is 0 Å². The van der Waals surface area contributed by atoms with Crippen molar-refractivity contribution in [3.8, 4) is 0 Å². The summed E-state index contributed by atoms with van der Waals surface area (Å²) >= 11 is 4.29. The van der Waals surface area contributed by atoms with E-state index in [2.05, 4.69) is 17.9 Å². The van der Waals surface area contributed by atoms with Gasteiger partial charge in [0.05, 0.1) is 0 Å². The molecule has 0 aliphatic rings. The van der Waals surface area contributed by atoms with Gasteiger partial charge in [-0.25, -0.2) is 0 Å². The van der Waals surface area contributed by atoms with Crippen molar-refractivity contribution >= 4 is 35.0 Å². The molecule has 0 saturated heterocycles. The molecule has 76 valence electrons. The van der Waals surface area contributed by atoms with Crippen LogP contribution in [0.15, 0.2) is 41.3 Å². The zero-order valence-corrected chi connectivity index (χ0v) is 9.21. The van der Waals surface area contributed by atoms with E-state index in [0.29, 0.717) is 0 Å². The predicted octanol–water partition coefficient (Wildman–Crippen LogP) is 3.09. The Balaban J connectivity index is 2.63. The molecule has 0 heterocycles. The monoisotopic (exact) mass is 217 g/mol. The molecule has 1 amide bonds. The van der Waals surface area contributed by atoms with E-state index in [4.69, 9.17) is 0 Å². The van der Waals surface area contributed by atoms with E-state index >= 15 is 0 Å². The van der Waals surface area contributed by atoms with E-state index in [1.54, 1.807) is 0 Å². The molecule has 0 fully saturated rings. The summed E-state index contributed by atoms with van der Waals surface area (Å²) in [7, 11) is 0. The minimum Gasteiger partial charge on any atom is -0.326 e. The minimum absolute atomic E-state index is 0.0629. The molecule has 0 radical (unpaired) electrons. The van der Waals surface area contributed by atoms with Crippen LogP contribution in [0, 0.1) is 0 Å². The third-order valence-electron chi connectivity index (χ3n) is 2.18. The van der Waals surface area contributed by atoms with Gasteiger partial charge in [0.15, 0.2) is 0 Å². The first-order chi connectivity index (χ1) is 7.16. The van der Waals surface area contributed by atoms with Crippen molar-refractivity contribution in [2.45, 2.75) is 11.8 Å². The van der Waals surface area contributed by atoms with Gasteiger partial charge in [0, 0.05) is 22.9 Å². The molecule has 2 nitrogen and oxygen atoms in total. The Morgan fingerprint density at radius 2 is 2.07 bits per heavy atom. The molecule has 0 spiro atoms. The average Bonchev–Trinajstić information content (AvgIpc) is 2.18. The van der Waals surface area contributed by atoms with Crippen molar-refractivity contribution in [1.29, 1.82) is 0 Å². The highest BCUT2D eigenvalue weighted by molar-refractivity contribution is 7.80. The van der Waals surface area contributed by atoms with Crippen LogP contribution < -0.4 is 5.32 Å². The fourth-order valence-corrected chi connectivity index (χ4v) is 1.76. The summed E-state index contributed by atoms with van der Waals surface area (Å²) in [6, 6.07) is 11.7. The lowest BCUT2D eigenvalue weighted by atomic mass is 10.1. The summed E-state index contributed by atoms with van der Waals surface area (Å²) in [5.74, 6) is -0.0629. The fraction of sp³-hybridized carbons (Fsp3) is 0.0833. The second-order valence-electron chi connectivity index (χ2n) is 3.39. The van der Waals surface area contributed by atoms with Crippen LogP contribution in [0.2, 0.25) is 0 Å². The van der Waals surface area contributed by atoms with Crippen LogP contribution in [0.5, 0.6) is 0 Å². The molecule has 0 saturated carbocycles. The molecule has 0 aromatic heterocycles. The smallest absolute Gasteiger partial charge is 0.221 e. The number of nitrogens with one attached hydrogen (secondary N) is 1. The lowest BCUT2D eigenvalue weighted by molar-refractivity contribution is -0.114. The van der Waals surface area contributed by atoms with Crippen molar-refractivity contribution in [3.63, 3.8) is 0 Å². The van der Waals surface area contributed by atoms with E-state index in [0.717, 1.165) is 21.4 Å². The minimum atomic E-state index is -0.0629. The predicted molar refractivity (Wildman–Crippen MR) is 65.5 cm³/mol. The van der Waals surface area contributed by atoms with E-state index in [9.17, 15) is 4.79 Å². The van der Waals surface area contributed by atoms with Gasteiger partial charge in [-0.05, 0) is 23.6 Å². The highest BCUT2D eigenvalue weighted by atomic mass is 32.1. The summed E-state index contributed by atoms with van der Waals surface area (Å²) in [6.45, 7) is 1.50. The lowest BCUT2D eigenvalue weighted by Crippen LogP contribution is -2.05. The summed E-state index contributed by atoms with van der Waals surface area (Å²) < 4.78 is 0. The number of carbonyl (C=O) groups is 1. The molecule has 0 atom stereocenters. The maximum atomic E-state index is 11.0. The van der Waals surface area contributed by atoms with Gasteiger partial charge in [-0.1, -0.05) is 18.2 Å². The van der Waals surface area contributed by atoms with E-state index in [1.807, 2.05) is 36.4 Å². The number of benzene rings is 2. The van der Waals surface area contributed by atoms with Crippen molar-refractivity contribution in [2.75, 3.05) is 5.32 Å². The fourth-order valence-electron chi connectivity index (χ4n) is 1.56. The van der Waals surface area contributed by atoms with Gasteiger partial charge in [0.2, 0.25) is 5.91 Å². The molecular weight excluding hydrogens is 206 g/mol. The van der Waals surface area contributed by atoms with E-state index in [-0.39, 0.29) is 5.91 Å². The number of fused-ring (bicyclic) bond motifs is 1. The second-order valence-corrected chi connectivity index (χ2v) is 3.91. The first-order valence-corrected chi connectivity index (χ1v) is 5.11. The highest BCUT2D eigenvalue weighted by Crippen LogP contribution is 2.25. The first kappa shape index (κ1) is 10.1. The summed E-state index contributed by atoms with van der Waals surface area (Å²) in [6.07, 6.45) is 0. The first-order valence-electron chi connectivity index (χ1n) is 4.66. The van der Waals surface area contributed by atoms with Crippen molar-refractivity contribution in [1.82, 2.24) is 0 Å². The van der Waals surface area contributed by atoms with Gasteiger partial charge in [0.1, 0.15) is 0 Å². The number of thiol groups is 1. The molecule has 1 N–H and O–H groups in total. The van der Waals surface area contributed by atoms with E-state index in [1.165, 1.54) is 6.92 Å². The molecule has 0 bridgehead atoms. The Labute approximate surface area is 93.7 Å². The van der Waals surface area contributed by atoms with Crippen molar-refractivity contribution in [3.05, 3.63) is 36.4 Å². The topological polar surface area (TPSA) is 29.1 Å². The third kappa shape index (κ3) is 2.13. The van der Waals surface area contributed by atoms with Crippen LogP contribution in [-0.4, -0.2) is 5.91 Å². The van der Waals surface area contributed by atoms with Gasteiger partial charge >= 0.3 is 0 Å². The second kappa shape index (κ2) is 3.95. The molecular formula is C12H11NOS. The Morgan fingerprint density at radius 3 is 2.80 bits per heavy atom. The molecule has 15 heavy (non-hydrogen) atoms. The maximum Gasteiger partial charge on any atom is 0.221 e. The molecule has 2 aromatic rings. The molecule has 0 unspecified atom stereocenters. The van der Waals surface area contributed by atoms with Crippen LogP contribution >= 0.6 is 12.6 Å². The number of hydrogen-bond donors (Lipinski definition) is 2. The van der Waals surface area contributed by atoms with Gasteiger partial charge in [-0.15, -0.1) is 12.6 Å². The number of carbonyl (C=O) groups excluding carboxylic acids is 1. The molecule has 2 rings (SSSR count).